The first-order chi connectivity index (χ1) is 20.1. The monoisotopic (exact) mass is 607 g/mol. The van der Waals surface area contributed by atoms with Crippen molar-refractivity contribution in [1.82, 2.24) is 9.80 Å². The molecule has 3 heterocycles. The highest BCUT2D eigenvalue weighted by Gasteiger charge is 2.60. The lowest BCUT2D eigenvalue weighted by molar-refractivity contribution is -0.384. The number of amides is 2. The zero-order valence-electron chi connectivity index (χ0n) is 23.3. The molecule has 3 aliphatic heterocycles. The van der Waals surface area contributed by atoms with Crippen LogP contribution in [0, 0.1) is 22.0 Å². The molecule has 0 bridgehead atoms. The van der Waals surface area contributed by atoms with Crippen molar-refractivity contribution in [2.75, 3.05) is 33.0 Å². The van der Waals surface area contributed by atoms with Gasteiger partial charge in [0.1, 0.15) is 25.6 Å². The molecular formula is C28H34FN3O9S. The van der Waals surface area contributed by atoms with Crippen LogP contribution >= 0.6 is 11.8 Å². The lowest BCUT2D eigenvalue weighted by atomic mass is 9.79. The number of β-lactam (4-membered cyclic amide) rings is 1. The van der Waals surface area contributed by atoms with Crippen molar-refractivity contribution in [3.05, 3.63) is 63.2 Å². The van der Waals surface area contributed by atoms with Crippen molar-refractivity contribution in [1.29, 1.82) is 0 Å². The summed E-state index contributed by atoms with van der Waals surface area (Å²) in [6, 6.07) is 4.83. The number of likely N-dealkylation sites (tertiary alicyclic amines) is 1. The number of non-ortho nitro benzene ring substituents is 1. The van der Waals surface area contributed by atoms with E-state index in [1.54, 1.807) is 6.92 Å². The molecule has 2 saturated heterocycles. The SMILES string of the molecule is C=CCOC(=O)C1=C(S[C@H]2C[C@@H](COCCF)N(C(=O)OCc3ccc([N+](=O)[O-])cc3)C2)[C@H](C)[C@@H]2[C@@H]([C@@H](C)O)C(=O)N12. The van der Waals surface area contributed by atoms with Crippen LogP contribution < -0.4 is 0 Å². The number of alkyl halides is 1. The largest absolute Gasteiger partial charge is 0.457 e. The summed E-state index contributed by atoms with van der Waals surface area (Å²) in [5.41, 5.74) is 0.633. The summed E-state index contributed by atoms with van der Waals surface area (Å²) >= 11 is 1.37. The average molecular weight is 608 g/mol. The summed E-state index contributed by atoms with van der Waals surface area (Å²) in [6.45, 7) is 6.37. The second-order valence-electron chi connectivity index (χ2n) is 10.4. The second-order valence-corrected chi connectivity index (χ2v) is 11.7. The van der Waals surface area contributed by atoms with Crippen LogP contribution in [0.4, 0.5) is 14.9 Å². The molecule has 1 aromatic carbocycles. The number of thioether (sulfide) groups is 1. The minimum Gasteiger partial charge on any atom is -0.457 e. The maximum Gasteiger partial charge on any atom is 0.410 e. The van der Waals surface area contributed by atoms with Gasteiger partial charge in [0.2, 0.25) is 5.91 Å². The number of ether oxygens (including phenoxy) is 3. The number of aliphatic hydroxyl groups excluding tert-OH is 1. The van der Waals surface area contributed by atoms with Gasteiger partial charge < -0.3 is 29.1 Å². The van der Waals surface area contributed by atoms with E-state index in [2.05, 4.69) is 6.58 Å². The Morgan fingerprint density at radius 2 is 2.02 bits per heavy atom. The molecule has 0 aliphatic carbocycles. The van der Waals surface area contributed by atoms with Gasteiger partial charge in [-0.3, -0.25) is 14.9 Å². The first kappa shape index (κ1) is 31.4. The second kappa shape index (κ2) is 13.7. The fourth-order valence-corrected chi connectivity index (χ4v) is 7.17. The van der Waals surface area contributed by atoms with E-state index in [0.29, 0.717) is 16.9 Å². The van der Waals surface area contributed by atoms with Gasteiger partial charge in [-0.15, -0.1) is 11.8 Å². The van der Waals surface area contributed by atoms with Crippen LogP contribution in [0.2, 0.25) is 0 Å². The summed E-state index contributed by atoms with van der Waals surface area (Å²) in [5, 5.41) is 20.9. The van der Waals surface area contributed by atoms with Crippen molar-refractivity contribution in [2.24, 2.45) is 11.8 Å². The van der Waals surface area contributed by atoms with Crippen molar-refractivity contribution >= 4 is 35.4 Å². The molecule has 1 N–H and O–H groups in total. The molecule has 0 aromatic heterocycles. The van der Waals surface area contributed by atoms with Gasteiger partial charge in [0.15, 0.2) is 0 Å². The fourth-order valence-electron chi connectivity index (χ4n) is 5.61. The van der Waals surface area contributed by atoms with Gasteiger partial charge in [0, 0.05) is 34.8 Å². The smallest absolute Gasteiger partial charge is 0.410 e. The van der Waals surface area contributed by atoms with E-state index in [9.17, 15) is 34.0 Å². The zero-order chi connectivity index (χ0) is 30.6. The highest BCUT2D eigenvalue weighted by atomic mass is 32.2. The quantitative estimate of drug-likeness (QED) is 0.0885. The molecule has 2 fully saturated rings. The van der Waals surface area contributed by atoms with Crippen molar-refractivity contribution in [3.8, 4) is 0 Å². The van der Waals surface area contributed by atoms with Crippen LogP contribution in [0.3, 0.4) is 0 Å². The van der Waals surface area contributed by atoms with Crippen molar-refractivity contribution in [2.45, 2.75) is 50.3 Å². The maximum absolute atomic E-state index is 13.1. The number of aliphatic hydroxyl groups is 1. The Morgan fingerprint density at radius 1 is 1.31 bits per heavy atom. The van der Waals surface area contributed by atoms with Crippen molar-refractivity contribution < 1.29 is 43.0 Å². The summed E-state index contributed by atoms with van der Waals surface area (Å²) in [5.74, 6) is -1.91. The Morgan fingerprint density at radius 3 is 2.64 bits per heavy atom. The number of nitro benzene ring substituents is 1. The summed E-state index contributed by atoms with van der Waals surface area (Å²) in [4.78, 5) is 53.0. The number of hydrogen-bond acceptors (Lipinski definition) is 10. The number of carbonyl (C=O) groups excluding carboxylic acids is 3. The Kier molecular flexibility index (Phi) is 10.2. The lowest BCUT2D eigenvalue weighted by Gasteiger charge is -2.46. The van der Waals surface area contributed by atoms with Crippen LogP contribution in [0.25, 0.3) is 0 Å². The Bertz CT molecular complexity index is 1240. The molecule has 12 nitrogen and oxygen atoms in total. The van der Waals surface area contributed by atoms with E-state index in [1.807, 2.05) is 6.92 Å². The molecule has 2 amide bonds. The van der Waals surface area contributed by atoms with E-state index in [1.165, 1.54) is 51.9 Å². The number of rotatable bonds is 13. The molecular weight excluding hydrogens is 573 g/mol. The minimum absolute atomic E-state index is 0.0347. The number of carbonyl (C=O) groups is 3. The number of nitro groups is 1. The normalized spacial score (nSPS) is 25.6. The average Bonchev–Trinajstić information content (AvgIpc) is 3.47. The summed E-state index contributed by atoms with van der Waals surface area (Å²) in [7, 11) is 0. The molecule has 0 saturated carbocycles. The van der Waals surface area contributed by atoms with Gasteiger partial charge >= 0.3 is 12.1 Å². The molecule has 0 radical (unpaired) electrons. The van der Waals surface area contributed by atoms with E-state index in [0.717, 1.165) is 0 Å². The Labute approximate surface area is 246 Å². The molecule has 0 spiro atoms. The molecule has 4 rings (SSSR count). The van der Waals surface area contributed by atoms with Gasteiger partial charge in [-0.05, 0) is 31.0 Å². The predicted molar refractivity (Wildman–Crippen MR) is 150 cm³/mol. The first-order valence-corrected chi connectivity index (χ1v) is 14.5. The molecule has 1 aromatic rings. The van der Waals surface area contributed by atoms with Crippen LogP contribution in [0.15, 0.2) is 47.5 Å². The highest BCUT2D eigenvalue weighted by Crippen LogP contribution is 2.52. The fraction of sp³-hybridized carbons (Fsp3) is 0.536. The highest BCUT2D eigenvalue weighted by molar-refractivity contribution is 8.03. The zero-order valence-corrected chi connectivity index (χ0v) is 24.2. The molecule has 6 atom stereocenters. The van der Waals surface area contributed by atoms with Crippen LogP contribution in [-0.2, 0) is 30.4 Å². The topological polar surface area (TPSA) is 149 Å². The van der Waals surface area contributed by atoms with E-state index >= 15 is 0 Å². The number of halogens is 1. The Hall–Kier alpha value is -3.49. The minimum atomic E-state index is -0.888. The summed E-state index contributed by atoms with van der Waals surface area (Å²) in [6.07, 6.45) is 0.363. The number of esters is 1. The van der Waals surface area contributed by atoms with Crippen molar-refractivity contribution in [3.63, 3.8) is 0 Å². The van der Waals surface area contributed by atoms with Gasteiger partial charge in [0.25, 0.3) is 5.69 Å². The molecule has 0 unspecified atom stereocenters. The van der Waals surface area contributed by atoms with Crippen LogP contribution in [0.1, 0.15) is 25.8 Å². The number of benzene rings is 1. The number of hydrogen-bond donors (Lipinski definition) is 1. The summed E-state index contributed by atoms with van der Waals surface area (Å²) < 4.78 is 28.9. The number of fused-ring (bicyclic) bond motifs is 1. The first-order valence-electron chi connectivity index (χ1n) is 13.6. The predicted octanol–water partition coefficient (Wildman–Crippen LogP) is 3.19. The molecule has 228 valence electrons. The molecule has 14 heteroatoms. The standard InChI is InChI=1S/C28H34FN3O9S/c1-4-10-40-27(35)24-25(16(2)23-22(17(3)33)26(34)31(23)24)42-21-12-20(15-39-11-9-29)30(13-21)28(36)41-14-18-5-7-19(8-6-18)32(37)38/h4-8,16-17,20-23,33H,1,9-15H2,2-3H3/t16-,17-,20+,21+,22-,23-/m1/s1. The van der Waals surface area contributed by atoms with Gasteiger partial charge in [-0.25, -0.2) is 14.0 Å². The van der Waals surface area contributed by atoms with E-state index in [-0.39, 0.29) is 67.5 Å². The van der Waals surface area contributed by atoms with Gasteiger partial charge in [-0.1, -0.05) is 19.6 Å². The van der Waals surface area contributed by atoms with Gasteiger partial charge in [-0.2, -0.15) is 0 Å². The van der Waals surface area contributed by atoms with E-state index < -0.39 is 41.7 Å². The lowest BCUT2D eigenvalue weighted by Crippen LogP contribution is -2.63. The van der Waals surface area contributed by atoms with Gasteiger partial charge in [0.05, 0.1) is 42.2 Å². The Balaban J connectivity index is 1.50. The molecule has 3 aliphatic rings. The van der Waals surface area contributed by atoms with Crippen LogP contribution in [-0.4, -0.2) is 94.3 Å². The number of nitrogens with zero attached hydrogens (tertiary/aromatic N) is 3. The van der Waals surface area contributed by atoms with E-state index in [4.69, 9.17) is 14.2 Å². The molecule has 42 heavy (non-hydrogen) atoms. The van der Waals surface area contributed by atoms with Crippen LogP contribution in [0.5, 0.6) is 0 Å². The third-order valence-corrected chi connectivity index (χ3v) is 9.07. The maximum atomic E-state index is 13.1. The third-order valence-electron chi connectivity index (χ3n) is 7.58. The third kappa shape index (κ3) is 6.45.